The van der Waals surface area contributed by atoms with Gasteiger partial charge in [-0.2, -0.15) is 0 Å². The van der Waals surface area contributed by atoms with Crippen molar-refractivity contribution in [3.05, 3.63) is 72.3 Å². The first kappa shape index (κ1) is 35.1. The molecule has 13 heteroatoms. The molecule has 2 aliphatic carbocycles. The number of benzene rings is 2. The number of urea groups is 1. The average Bonchev–Trinajstić information content (AvgIpc) is 4.05. The standard InChI is InChI=1S/C37H43N5O7S/c1-42-20-9-4-3-8-13-25-23-37(25,35(45)41-50(47,48)27-17-18-27)40-34(44)30(39-36(42)46)14-10-15-33(43)29-22-31(24-11-6-5-7-12-24)38-32-21-26(49-2)16-19-28(29)32/h5-8,11-13,16,19,21-22,25,27,30H,3-4,9-10,14-15,17-18,20,23H2,1-2H3,(H,39,46)(H,40,44)(H,41,45)/b13-8-/t25-,30+,37-/m1/s1. The minimum atomic E-state index is -3.85. The zero-order valence-corrected chi connectivity index (χ0v) is 29.1. The number of ketones is 1. The Morgan fingerprint density at radius 2 is 1.86 bits per heavy atom. The number of nitrogens with one attached hydrogen (secondary N) is 3. The normalized spacial score (nSPS) is 23.5. The summed E-state index contributed by atoms with van der Waals surface area (Å²) >= 11 is 0. The fourth-order valence-corrected chi connectivity index (χ4v) is 7.76. The van der Waals surface area contributed by atoms with Gasteiger partial charge in [0.1, 0.15) is 17.3 Å². The van der Waals surface area contributed by atoms with E-state index in [1.54, 1.807) is 38.4 Å². The predicted molar refractivity (Wildman–Crippen MR) is 189 cm³/mol. The van der Waals surface area contributed by atoms with Crippen LogP contribution in [-0.4, -0.2) is 79.5 Å². The summed E-state index contributed by atoms with van der Waals surface area (Å²) in [7, 11) is -0.629. The highest BCUT2D eigenvalue weighted by Crippen LogP contribution is 2.46. The molecule has 6 rings (SSSR count). The number of Topliss-reactive ketones (excluding diaryl/α,β-unsaturated/α-hetero) is 1. The van der Waals surface area contributed by atoms with Gasteiger partial charge >= 0.3 is 6.03 Å². The Bertz CT molecular complexity index is 1930. The van der Waals surface area contributed by atoms with E-state index >= 15 is 0 Å². The summed E-state index contributed by atoms with van der Waals surface area (Å²) < 4.78 is 32.9. The van der Waals surface area contributed by atoms with Crippen LogP contribution < -0.4 is 20.1 Å². The minimum absolute atomic E-state index is 0.0749. The van der Waals surface area contributed by atoms with Crippen LogP contribution >= 0.6 is 0 Å². The highest BCUT2D eigenvalue weighted by Gasteiger charge is 2.61. The van der Waals surface area contributed by atoms with Crippen molar-refractivity contribution in [3.8, 4) is 17.0 Å². The van der Waals surface area contributed by atoms with Gasteiger partial charge < -0.3 is 20.3 Å². The Morgan fingerprint density at radius 1 is 1.08 bits per heavy atom. The largest absolute Gasteiger partial charge is 0.497 e. The number of pyridine rings is 1. The topological polar surface area (TPSA) is 164 Å². The third kappa shape index (κ3) is 7.83. The Morgan fingerprint density at radius 3 is 2.60 bits per heavy atom. The van der Waals surface area contributed by atoms with Crippen LogP contribution in [0.4, 0.5) is 4.79 Å². The third-order valence-corrected chi connectivity index (χ3v) is 11.5. The number of allylic oxidation sites excluding steroid dienone is 1. The number of amides is 4. The molecule has 1 aliphatic heterocycles. The minimum Gasteiger partial charge on any atom is -0.497 e. The molecule has 0 radical (unpaired) electrons. The quantitative estimate of drug-likeness (QED) is 0.206. The maximum atomic E-state index is 13.9. The molecule has 0 saturated heterocycles. The van der Waals surface area contributed by atoms with E-state index in [0.717, 1.165) is 24.8 Å². The highest BCUT2D eigenvalue weighted by molar-refractivity contribution is 7.91. The number of ether oxygens (including phenoxy) is 1. The van der Waals surface area contributed by atoms with Gasteiger partial charge in [0, 0.05) is 48.5 Å². The van der Waals surface area contributed by atoms with E-state index in [1.165, 1.54) is 4.90 Å². The van der Waals surface area contributed by atoms with Crippen LogP contribution in [0.1, 0.15) is 68.1 Å². The van der Waals surface area contributed by atoms with Crippen molar-refractivity contribution in [2.45, 2.75) is 74.6 Å². The fourth-order valence-electron chi connectivity index (χ4n) is 6.40. The lowest BCUT2D eigenvalue weighted by Crippen LogP contribution is -2.58. The molecule has 3 aliphatic rings. The van der Waals surface area contributed by atoms with Gasteiger partial charge in [-0.3, -0.25) is 19.1 Å². The predicted octanol–water partition coefficient (Wildman–Crippen LogP) is 4.50. The Labute approximate surface area is 292 Å². The number of aromatic nitrogens is 1. The molecular formula is C37H43N5O7S. The van der Waals surface area contributed by atoms with Crippen LogP contribution in [0.2, 0.25) is 0 Å². The lowest BCUT2D eigenvalue weighted by molar-refractivity contribution is -0.130. The van der Waals surface area contributed by atoms with E-state index in [9.17, 15) is 27.6 Å². The van der Waals surface area contributed by atoms with E-state index in [2.05, 4.69) is 15.4 Å². The number of carbonyl (C=O) groups excluding carboxylic acids is 4. The van der Waals surface area contributed by atoms with Gasteiger partial charge in [0.25, 0.3) is 5.91 Å². The van der Waals surface area contributed by atoms with Crippen molar-refractivity contribution in [3.63, 3.8) is 0 Å². The van der Waals surface area contributed by atoms with Gasteiger partial charge in [-0.15, -0.1) is 0 Å². The van der Waals surface area contributed by atoms with E-state index in [-0.39, 0.29) is 37.4 Å². The molecule has 2 aromatic carbocycles. The molecule has 0 spiro atoms. The lowest BCUT2D eigenvalue weighted by Gasteiger charge is -2.26. The van der Waals surface area contributed by atoms with Crippen molar-refractivity contribution >= 4 is 44.6 Å². The Kier molecular flexibility index (Phi) is 10.2. The van der Waals surface area contributed by atoms with Crippen molar-refractivity contribution in [2.75, 3.05) is 20.7 Å². The third-order valence-electron chi connectivity index (χ3n) is 9.69. The monoisotopic (exact) mass is 701 g/mol. The van der Waals surface area contributed by atoms with Crippen molar-refractivity contribution in [1.29, 1.82) is 0 Å². The van der Waals surface area contributed by atoms with E-state index in [1.807, 2.05) is 42.5 Å². The van der Waals surface area contributed by atoms with Crippen molar-refractivity contribution in [2.24, 2.45) is 5.92 Å². The second kappa shape index (κ2) is 14.6. The first-order valence-corrected chi connectivity index (χ1v) is 18.7. The van der Waals surface area contributed by atoms with Crippen LogP contribution in [0, 0.1) is 5.92 Å². The summed E-state index contributed by atoms with van der Waals surface area (Å²) in [5, 5.41) is 5.68. The molecule has 3 aromatic rings. The molecule has 3 N–H and O–H groups in total. The number of hydrogen-bond acceptors (Lipinski definition) is 8. The fraction of sp³-hybridized carbons (Fsp3) is 0.432. The summed E-state index contributed by atoms with van der Waals surface area (Å²) in [6.45, 7) is 0.491. The number of methoxy groups -OCH3 is 1. The summed E-state index contributed by atoms with van der Waals surface area (Å²) in [5.41, 5.74) is 1.13. The second-order valence-corrected chi connectivity index (χ2v) is 15.4. The van der Waals surface area contributed by atoms with Gasteiger partial charge in [0.15, 0.2) is 5.78 Å². The first-order valence-electron chi connectivity index (χ1n) is 17.1. The number of sulfonamides is 1. The molecule has 4 amide bonds. The molecule has 0 unspecified atom stereocenters. The second-order valence-electron chi connectivity index (χ2n) is 13.4. The van der Waals surface area contributed by atoms with Crippen LogP contribution in [0.15, 0.2) is 66.7 Å². The lowest BCUT2D eigenvalue weighted by atomic mass is 9.97. The molecular weight excluding hydrogens is 659 g/mol. The Hall–Kier alpha value is -4.78. The maximum Gasteiger partial charge on any atom is 0.317 e. The molecule has 3 atom stereocenters. The van der Waals surface area contributed by atoms with Crippen LogP contribution in [-0.2, 0) is 19.6 Å². The molecule has 50 heavy (non-hydrogen) atoms. The smallest absolute Gasteiger partial charge is 0.317 e. The maximum absolute atomic E-state index is 13.9. The van der Waals surface area contributed by atoms with Crippen molar-refractivity contribution in [1.82, 2.24) is 25.2 Å². The van der Waals surface area contributed by atoms with Crippen molar-refractivity contribution < 1.29 is 32.3 Å². The number of nitrogens with zero attached hydrogens (tertiary/aromatic N) is 2. The number of fused-ring (bicyclic) bond motifs is 2. The summed E-state index contributed by atoms with van der Waals surface area (Å²) in [6, 6.07) is 15.2. The first-order chi connectivity index (χ1) is 24.0. The van der Waals surface area contributed by atoms with Gasteiger partial charge in [-0.1, -0.05) is 42.5 Å². The SMILES string of the molecule is COc1ccc2c(C(=O)CCC[C@@H]3NC(=O)N(C)CCCC/C=C\[C@@H]4C[C@@]4(C(=O)NS(=O)(=O)C4CC4)NC3=O)cc(-c3ccccc3)nc2c1. The van der Waals surface area contributed by atoms with E-state index in [0.29, 0.717) is 47.3 Å². The van der Waals surface area contributed by atoms with Gasteiger partial charge in [-0.25, -0.2) is 18.2 Å². The molecule has 2 heterocycles. The highest BCUT2D eigenvalue weighted by atomic mass is 32.2. The Balaban J connectivity index is 1.22. The molecule has 2 saturated carbocycles. The molecule has 2 fully saturated rings. The van der Waals surface area contributed by atoms with Crippen LogP contribution in [0.3, 0.4) is 0 Å². The molecule has 0 bridgehead atoms. The summed E-state index contributed by atoms with van der Waals surface area (Å²) in [5.74, 6) is -1.31. The number of rotatable bonds is 10. The van der Waals surface area contributed by atoms with E-state index < -0.39 is 44.7 Å². The molecule has 1 aromatic heterocycles. The molecule has 12 nitrogen and oxygen atoms in total. The molecule has 264 valence electrons. The number of hydrogen-bond donors (Lipinski definition) is 3. The van der Waals surface area contributed by atoms with Crippen LogP contribution in [0.25, 0.3) is 22.2 Å². The van der Waals surface area contributed by atoms with Gasteiger partial charge in [0.05, 0.1) is 23.6 Å². The number of carbonyl (C=O) groups is 4. The zero-order chi connectivity index (χ0) is 35.5. The zero-order valence-electron chi connectivity index (χ0n) is 28.3. The average molecular weight is 702 g/mol. The van der Waals surface area contributed by atoms with Gasteiger partial charge in [-0.05, 0) is 69.6 Å². The van der Waals surface area contributed by atoms with Gasteiger partial charge in [0.2, 0.25) is 15.9 Å². The summed E-state index contributed by atoms with van der Waals surface area (Å²) in [6.07, 6.45) is 7.74. The van der Waals surface area contributed by atoms with Crippen LogP contribution in [0.5, 0.6) is 5.75 Å². The van der Waals surface area contributed by atoms with E-state index in [4.69, 9.17) is 9.72 Å². The summed E-state index contributed by atoms with van der Waals surface area (Å²) in [4.78, 5) is 60.7.